The summed E-state index contributed by atoms with van der Waals surface area (Å²) in [4.78, 5) is 30.0. The predicted molar refractivity (Wildman–Crippen MR) is 104 cm³/mol. The van der Waals surface area contributed by atoms with E-state index in [-0.39, 0.29) is 35.8 Å². The molecule has 28 heavy (non-hydrogen) atoms. The summed E-state index contributed by atoms with van der Waals surface area (Å²) in [5.41, 5.74) is 0.246. The number of rotatable bonds is 8. The number of carbonyl (C=O) groups is 1. The van der Waals surface area contributed by atoms with Crippen LogP contribution in [0.25, 0.3) is 11.3 Å². The van der Waals surface area contributed by atoms with Gasteiger partial charge in [0.2, 0.25) is 11.7 Å². The molecule has 1 amide bonds. The summed E-state index contributed by atoms with van der Waals surface area (Å²) in [6.45, 7) is 1.35. The Morgan fingerprint density at radius 2 is 1.93 bits per heavy atom. The summed E-state index contributed by atoms with van der Waals surface area (Å²) in [5.74, 6) is 6.35. The molecule has 1 aromatic carbocycles. The van der Waals surface area contributed by atoms with Crippen LogP contribution in [0, 0.1) is 0 Å². The Morgan fingerprint density at radius 1 is 1.18 bits per heavy atom. The largest absolute Gasteiger partial charge is 0.491 e. The highest BCUT2D eigenvalue weighted by Crippen LogP contribution is 2.28. The number of amides is 1. The van der Waals surface area contributed by atoms with Crippen molar-refractivity contribution in [3.8, 4) is 17.0 Å². The molecule has 9 nitrogen and oxygen atoms in total. The van der Waals surface area contributed by atoms with Gasteiger partial charge in [-0.2, -0.15) is 0 Å². The summed E-state index contributed by atoms with van der Waals surface area (Å²) >= 11 is 6.28. The Kier molecular flexibility index (Phi) is 6.50. The van der Waals surface area contributed by atoms with E-state index in [1.54, 1.807) is 24.3 Å². The minimum Gasteiger partial charge on any atom is -0.491 e. The number of aromatic nitrogens is 2. The molecule has 1 aromatic heterocycles. The molecule has 0 bridgehead atoms. The molecule has 0 aliphatic carbocycles. The van der Waals surface area contributed by atoms with Gasteiger partial charge in [-0.3, -0.25) is 14.5 Å². The smallest absolute Gasteiger partial charge is 0.312 e. The molecule has 2 aromatic rings. The van der Waals surface area contributed by atoms with Gasteiger partial charge in [0, 0.05) is 18.5 Å². The molecule has 0 spiro atoms. The van der Waals surface area contributed by atoms with Crippen LogP contribution >= 0.6 is 11.6 Å². The maximum absolute atomic E-state index is 12.6. The Balaban J connectivity index is 1.79. The third kappa shape index (κ3) is 4.27. The van der Waals surface area contributed by atoms with Gasteiger partial charge in [0.25, 0.3) is 0 Å². The molecule has 150 valence electrons. The van der Waals surface area contributed by atoms with Gasteiger partial charge in [-0.05, 0) is 30.7 Å². The van der Waals surface area contributed by atoms with Gasteiger partial charge < -0.3 is 20.4 Å². The number of nitrogens with two attached hydrogens (primary N) is 1. The molecule has 0 atom stereocenters. The van der Waals surface area contributed by atoms with E-state index in [2.05, 4.69) is 4.98 Å². The molecule has 0 radical (unpaired) electrons. The SMILES string of the molecule is Nn1c(-c2ccc(OCCOCCO)cc2)c(Cl)nc(N2CCCC2=O)c1=O. The normalized spacial score (nSPS) is 13.9. The lowest BCUT2D eigenvalue weighted by atomic mass is 10.1. The first kappa shape index (κ1) is 20.1. The quantitative estimate of drug-likeness (QED) is 0.489. The fourth-order valence-corrected chi connectivity index (χ4v) is 3.18. The topological polar surface area (TPSA) is 120 Å². The van der Waals surface area contributed by atoms with Crippen molar-refractivity contribution < 1.29 is 19.4 Å². The average Bonchev–Trinajstić information content (AvgIpc) is 3.11. The second-order valence-electron chi connectivity index (χ2n) is 6.11. The fraction of sp³-hybridized carbons (Fsp3) is 0.389. The molecule has 2 heterocycles. The fourth-order valence-electron chi connectivity index (χ4n) is 2.90. The van der Waals surface area contributed by atoms with Crippen molar-refractivity contribution in [1.29, 1.82) is 0 Å². The molecule has 0 saturated carbocycles. The van der Waals surface area contributed by atoms with Crippen molar-refractivity contribution in [2.45, 2.75) is 12.8 Å². The number of aliphatic hydroxyl groups excluding tert-OH is 1. The van der Waals surface area contributed by atoms with Crippen molar-refractivity contribution in [3.05, 3.63) is 39.8 Å². The van der Waals surface area contributed by atoms with Crippen LogP contribution in [-0.2, 0) is 9.53 Å². The van der Waals surface area contributed by atoms with E-state index in [4.69, 9.17) is 32.0 Å². The molecular weight excluding hydrogens is 388 g/mol. The first-order valence-corrected chi connectivity index (χ1v) is 9.20. The minimum absolute atomic E-state index is 0.0304. The van der Waals surface area contributed by atoms with Crippen molar-refractivity contribution >= 4 is 23.3 Å². The van der Waals surface area contributed by atoms with Crippen LogP contribution in [0.3, 0.4) is 0 Å². The zero-order valence-corrected chi connectivity index (χ0v) is 15.9. The summed E-state index contributed by atoms with van der Waals surface area (Å²) in [6, 6.07) is 6.83. The molecule has 1 aliphatic heterocycles. The number of nitrogen functional groups attached to an aromatic ring is 1. The highest BCUT2D eigenvalue weighted by molar-refractivity contribution is 6.32. The third-order valence-corrected chi connectivity index (χ3v) is 4.50. The van der Waals surface area contributed by atoms with Gasteiger partial charge in [-0.25, -0.2) is 9.66 Å². The number of ether oxygens (including phenoxy) is 2. The first-order valence-electron chi connectivity index (χ1n) is 8.82. The predicted octanol–water partition coefficient (Wildman–Crippen LogP) is 0.792. The number of hydrogen-bond acceptors (Lipinski definition) is 7. The number of hydrogen-bond donors (Lipinski definition) is 2. The summed E-state index contributed by atoms with van der Waals surface area (Å²) < 4.78 is 11.6. The number of benzene rings is 1. The van der Waals surface area contributed by atoms with E-state index in [0.717, 1.165) is 4.68 Å². The lowest BCUT2D eigenvalue weighted by Gasteiger charge is -2.17. The van der Waals surface area contributed by atoms with Crippen LogP contribution in [-0.4, -0.2) is 53.6 Å². The Bertz CT molecular complexity index is 900. The first-order chi connectivity index (χ1) is 13.5. The second-order valence-corrected chi connectivity index (χ2v) is 6.47. The maximum Gasteiger partial charge on any atom is 0.312 e. The van der Waals surface area contributed by atoms with Crippen molar-refractivity contribution in [2.75, 3.05) is 43.7 Å². The minimum atomic E-state index is -0.587. The van der Waals surface area contributed by atoms with E-state index < -0.39 is 5.56 Å². The van der Waals surface area contributed by atoms with Crippen molar-refractivity contribution in [3.63, 3.8) is 0 Å². The molecule has 3 N–H and O–H groups in total. The van der Waals surface area contributed by atoms with E-state index in [1.807, 2.05) is 0 Å². The van der Waals surface area contributed by atoms with E-state index in [1.165, 1.54) is 4.90 Å². The molecule has 1 fully saturated rings. The second kappa shape index (κ2) is 9.05. The zero-order valence-electron chi connectivity index (χ0n) is 15.1. The standard InChI is InChI=1S/C18H21ClN4O5/c19-16-15(12-3-5-13(6-4-12)28-11-10-27-9-8-24)23(20)18(26)17(21-16)22-7-1-2-14(22)25/h3-6,24H,1-2,7-11,20H2. The molecule has 10 heteroatoms. The average molecular weight is 409 g/mol. The van der Waals surface area contributed by atoms with Gasteiger partial charge in [0.05, 0.1) is 19.8 Å². The number of halogens is 1. The van der Waals surface area contributed by atoms with Crippen LogP contribution in [0.5, 0.6) is 5.75 Å². The summed E-state index contributed by atoms with van der Waals surface area (Å²) in [5, 5.41) is 8.67. The zero-order chi connectivity index (χ0) is 20.1. The lowest BCUT2D eigenvalue weighted by Crippen LogP contribution is -2.38. The van der Waals surface area contributed by atoms with Crippen molar-refractivity contribution in [2.24, 2.45) is 0 Å². The highest BCUT2D eigenvalue weighted by Gasteiger charge is 2.27. The Labute approximate surface area is 166 Å². The van der Waals surface area contributed by atoms with Gasteiger partial charge in [-0.15, -0.1) is 0 Å². The van der Waals surface area contributed by atoms with Crippen molar-refractivity contribution in [1.82, 2.24) is 9.66 Å². The van der Waals surface area contributed by atoms with Crippen LogP contribution in [0.15, 0.2) is 29.1 Å². The Morgan fingerprint density at radius 3 is 2.57 bits per heavy atom. The Hall–Kier alpha value is -2.62. The summed E-state index contributed by atoms with van der Waals surface area (Å²) in [7, 11) is 0. The van der Waals surface area contributed by atoms with E-state index in [9.17, 15) is 9.59 Å². The molecule has 1 aliphatic rings. The van der Waals surface area contributed by atoms with Crippen LogP contribution in [0.1, 0.15) is 12.8 Å². The lowest BCUT2D eigenvalue weighted by molar-refractivity contribution is -0.117. The van der Waals surface area contributed by atoms with Crippen LogP contribution in [0.4, 0.5) is 5.82 Å². The molecule has 3 rings (SSSR count). The number of nitrogens with zero attached hydrogens (tertiary/aromatic N) is 3. The number of aliphatic hydroxyl groups is 1. The van der Waals surface area contributed by atoms with Gasteiger partial charge in [0.1, 0.15) is 18.1 Å². The molecule has 1 saturated heterocycles. The molecule has 0 unspecified atom stereocenters. The van der Waals surface area contributed by atoms with Crippen LogP contribution < -0.4 is 21.0 Å². The van der Waals surface area contributed by atoms with E-state index in [0.29, 0.717) is 43.9 Å². The van der Waals surface area contributed by atoms with Crippen LogP contribution in [0.2, 0.25) is 5.15 Å². The van der Waals surface area contributed by atoms with E-state index >= 15 is 0 Å². The highest BCUT2D eigenvalue weighted by atomic mass is 35.5. The van der Waals surface area contributed by atoms with Gasteiger partial charge >= 0.3 is 5.56 Å². The van der Waals surface area contributed by atoms with Gasteiger partial charge in [-0.1, -0.05) is 11.6 Å². The third-order valence-electron chi connectivity index (χ3n) is 4.24. The number of carbonyl (C=O) groups excluding carboxylic acids is 1. The molecular formula is C18H21ClN4O5. The summed E-state index contributed by atoms with van der Waals surface area (Å²) in [6.07, 6.45) is 1.04. The van der Waals surface area contributed by atoms with Gasteiger partial charge in [0.15, 0.2) is 5.15 Å². The maximum atomic E-state index is 12.6. The monoisotopic (exact) mass is 408 g/mol. The number of anilines is 1.